The number of para-hydroxylation sites is 1. The lowest BCUT2D eigenvalue weighted by molar-refractivity contribution is -0.130. The normalized spacial score (nSPS) is 23.5. The first kappa shape index (κ1) is 17.2. The number of benzene rings is 1. The second kappa shape index (κ2) is 7.06. The zero-order valence-electron chi connectivity index (χ0n) is 13.4. The Hall–Kier alpha value is -1.67. The standard InChI is InChI=1S/C16H22FN3O3S/c17-14-3-1-2-4-15(14)19-6-8-20(9-7-19)16(21)11-18-13-5-10-24(22,23)12-13/h1-4,13,18H,5-12H2. The third-order valence-electron chi connectivity index (χ3n) is 4.60. The number of nitrogens with zero attached hydrogens (tertiary/aromatic N) is 2. The molecule has 3 rings (SSSR count). The number of halogens is 1. The minimum absolute atomic E-state index is 0.0347. The Balaban J connectivity index is 1.46. The van der Waals surface area contributed by atoms with Crippen LogP contribution in [0.25, 0.3) is 0 Å². The van der Waals surface area contributed by atoms with Crippen LogP contribution in [0.4, 0.5) is 10.1 Å². The summed E-state index contributed by atoms with van der Waals surface area (Å²) in [5, 5.41) is 3.04. The molecule has 1 N–H and O–H groups in total. The summed E-state index contributed by atoms with van der Waals surface area (Å²) >= 11 is 0. The minimum Gasteiger partial charge on any atom is -0.366 e. The first-order valence-electron chi connectivity index (χ1n) is 8.16. The van der Waals surface area contributed by atoms with Crippen LogP contribution in [0.15, 0.2) is 24.3 Å². The van der Waals surface area contributed by atoms with E-state index in [4.69, 9.17) is 0 Å². The third kappa shape index (κ3) is 4.05. The Morgan fingerprint density at radius 1 is 1.21 bits per heavy atom. The Morgan fingerprint density at radius 2 is 1.92 bits per heavy atom. The number of sulfone groups is 1. The lowest BCUT2D eigenvalue weighted by atomic mass is 10.2. The first-order chi connectivity index (χ1) is 11.4. The smallest absolute Gasteiger partial charge is 0.236 e. The molecule has 2 saturated heterocycles. The lowest BCUT2D eigenvalue weighted by Gasteiger charge is -2.36. The number of anilines is 1. The molecule has 8 heteroatoms. The van der Waals surface area contributed by atoms with Crippen molar-refractivity contribution in [2.45, 2.75) is 12.5 Å². The molecular weight excluding hydrogens is 333 g/mol. The molecule has 1 atom stereocenters. The Kier molecular flexibility index (Phi) is 5.05. The van der Waals surface area contributed by atoms with Gasteiger partial charge in [0.15, 0.2) is 9.84 Å². The van der Waals surface area contributed by atoms with Crippen LogP contribution < -0.4 is 10.2 Å². The van der Waals surface area contributed by atoms with Gasteiger partial charge in [-0.05, 0) is 18.6 Å². The minimum atomic E-state index is -2.94. The van der Waals surface area contributed by atoms with Gasteiger partial charge in [-0.2, -0.15) is 0 Å². The van der Waals surface area contributed by atoms with E-state index in [1.807, 2.05) is 4.90 Å². The predicted octanol–water partition coefficient (Wildman–Crippen LogP) is 0.251. The van der Waals surface area contributed by atoms with E-state index in [2.05, 4.69) is 5.32 Å². The van der Waals surface area contributed by atoms with Gasteiger partial charge in [-0.25, -0.2) is 12.8 Å². The van der Waals surface area contributed by atoms with Gasteiger partial charge < -0.3 is 15.1 Å². The van der Waals surface area contributed by atoms with Crippen molar-refractivity contribution in [1.29, 1.82) is 0 Å². The molecule has 0 bridgehead atoms. The zero-order valence-corrected chi connectivity index (χ0v) is 14.3. The van der Waals surface area contributed by atoms with Gasteiger partial charge in [0.25, 0.3) is 0 Å². The number of amides is 1. The van der Waals surface area contributed by atoms with Crippen LogP contribution in [0.2, 0.25) is 0 Å². The fraction of sp³-hybridized carbons (Fsp3) is 0.562. The molecule has 0 spiro atoms. The fourth-order valence-corrected chi connectivity index (χ4v) is 4.91. The molecule has 2 heterocycles. The average Bonchev–Trinajstić information content (AvgIpc) is 2.92. The highest BCUT2D eigenvalue weighted by Gasteiger charge is 2.29. The average molecular weight is 355 g/mol. The largest absolute Gasteiger partial charge is 0.366 e. The van der Waals surface area contributed by atoms with Gasteiger partial charge in [0.2, 0.25) is 5.91 Å². The Morgan fingerprint density at radius 3 is 2.54 bits per heavy atom. The highest BCUT2D eigenvalue weighted by atomic mass is 32.2. The molecule has 0 saturated carbocycles. The van der Waals surface area contributed by atoms with E-state index in [0.29, 0.717) is 38.3 Å². The van der Waals surface area contributed by atoms with E-state index < -0.39 is 9.84 Å². The van der Waals surface area contributed by atoms with Crippen molar-refractivity contribution in [1.82, 2.24) is 10.2 Å². The molecule has 6 nitrogen and oxygen atoms in total. The summed E-state index contributed by atoms with van der Waals surface area (Å²) in [6.45, 7) is 2.41. The molecule has 1 amide bonds. The van der Waals surface area contributed by atoms with Crippen molar-refractivity contribution in [2.75, 3.05) is 49.1 Å². The monoisotopic (exact) mass is 355 g/mol. The predicted molar refractivity (Wildman–Crippen MR) is 90.3 cm³/mol. The van der Waals surface area contributed by atoms with Crippen LogP contribution in [-0.4, -0.2) is 69.5 Å². The second-order valence-electron chi connectivity index (χ2n) is 6.30. The molecule has 2 fully saturated rings. The maximum absolute atomic E-state index is 13.8. The molecule has 1 aromatic carbocycles. The van der Waals surface area contributed by atoms with Crippen molar-refractivity contribution in [2.24, 2.45) is 0 Å². The fourth-order valence-electron chi connectivity index (χ4n) is 3.20. The molecule has 2 aliphatic rings. The maximum Gasteiger partial charge on any atom is 0.236 e. The van der Waals surface area contributed by atoms with Gasteiger partial charge in [0, 0.05) is 32.2 Å². The van der Waals surface area contributed by atoms with Gasteiger partial charge in [0.05, 0.1) is 23.7 Å². The molecule has 0 aromatic heterocycles. The van der Waals surface area contributed by atoms with E-state index in [-0.39, 0.29) is 35.8 Å². The van der Waals surface area contributed by atoms with Crippen LogP contribution in [-0.2, 0) is 14.6 Å². The number of hydrogen-bond donors (Lipinski definition) is 1. The van der Waals surface area contributed by atoms with Gasteiger partial charge in [-0.15, -0.1) is 0 Å². The van der Waals surface area contributed by atoms with Crippen molar-refractivity contribution >= 4 is 21.4 Å². The van der Waals surface area contributed by atoms with Gasteiger partial charge in [0.1, 0.15) is 5.82 Å². The van der Waals surface area contributed by atoms with Crippen LogP contribution in [0.1, 0.15) is 6.42 Å². The number of rotatable bonds is 4. The molecule has 2 aliphatic heterocycles. The zero-order chi connectivity index (χ0) is 17.2. The number of hydrogen-bond acceptors (Lipinski definition) is 5. The summed E-state index contributed by atoms with van der Waals surface area (Å²) in [6.07, 6.45) is 0.566. The summed E-state index contributed by atoms with van der Waals surface area (Å²) in [4.78, 5) is 15.9. The number of carbonyl (C=O) groups excluding carboxylic acids is 1. The summed E-state index contributed by atoms with van der Waals surface area (Å²) in [7, 11) is -2.94. The van der Waals surface area contributed by atoms with Gasteiger partial charge in [-0.3, -0.25) is 4.79 Å². The van der Waals surface area contributed by atoms with Gasteiger partial charge >= 0.3 is 0 Å². The van der Waals surface area contributed by atoms with Crippen LogP contribution in [0, 0.1) is 5.82 Å². The number of piperazine rings is 1. The maximum atomic E-state index is 13.8. The quantitative estimate of drug-likeness (QED) is 0.839. The highest BCUT2D eigenvalue weighted by Crippen LogP contribution is 2.20. The van der Waals surface area contributed by atoms with Crippen molar-refractivity contribution in [3.05, 3.63) is 30.1 Å². The molecular formula is C16H22FN3O3S. The summed E-state index contributed by atoms with van der Waals surface area (Å²) < 4.78 is 36.6. The van der Waals surface area contributed by atoms with E-state index in [9.17, 15) is 17.6 Å². The van der Waals surface area contributed by atoms with Gasteiger partial charge in [-0.1, -0.05) is 12.1 Å². The molecule has 24 heavy (non-hydrogen) atoms. The molecule has 1 unspecified atom stereocenters. The van der Waals surface area contributed by atoms with Crippen LogP contribution in [0.5, 0.6) is 0 Å². The van der Waals surface area contributed by atoms with E-state index in [0.717, 1.165) is 0 Å². The molecule has 1 aromatic rings. The van der Waals surface area contributed by atoms with Crippen LogP contribution >= 0.6 is 0 Å². The van der Waals surface area contributed by atoms with Crippen LogP contribution in [0.3, 0.4) is 0 Å². The number of carbonyl (C=O) groups is 1. The summed E-state index contributed by atoms with van der Waals surface area (Å²) in [5.41, 5.74) is 0.568. The van der Waals surface area contributed by atoms with E-state index in [1.165, 1.54) is 6.07 Å². The van der Waals surface area contributed by atoms with Crippen molar-refractivity contribution in [3.8, 4) is 0 Å². The second-order valence-corrected chi connectivity index (χ2v) is 8.53. The first-order valence-corrected chi connectivity index (χ1v) is 9.98. The SMILES string of the molecule is O=C(CNC1CCS(=O)(=O)C1)N1CCN(c2ccccc2F)CC1. The van der Waals surface area contributed by atoms with Crippen molar-refractivity contribution < 1.29 is 17.6 Å². The lowest BCUT2D eigenvalue weighted by Crippen LogP contribution is -2.51. The Labute approximate surface area is 141 Å². The van der Waals surface area contributed by atoms with E-state index in [1.54, 1.807) is 23.1 Å². The third-order valence-corrected chi connectivity index (χ3v) is 6.37. The Bertz CT molecular complexity index is 702. The number of nitrogens with one attached hydrogen (secondary N) is 1. The molecule has 0 aliphatic carbocycles. The highest BCUT2D eigenvalue weighted by molar-refractivity contribution is 7.91. The molecule has 132 valence electrons. The summed E-state index contributed by atoms with van der Waals surface area (Å²) in [6, 6.07) is 6.52. The van der Waals surface area contributed by atoms with E-state index >= 15 is 0 Å². The summed E-state index contributed by atoms with van der Waals surface area (Å²) in [5.74, 6) is 0.0236. The van der Waals surface area contributed by atoms with Crippen molar-refractivity contribution in [3.63, 3.8) is 0 Å². The molecule has 0 radical (unpaired) electrons. The topological polar surface area (TPSA) is 69.7 Å².